The van der Waals surface area contributed by atoms with Crippen LogP contribution in [-0.2, 0) is 33.6 Å². The summed E-state index contributed by atoms with van der Waals surface area (Å²) in [4.78, 5) is 17.5. The van der Waals surface area contributed by atoms with E-state index in [9.17, 15) is 13.6 Å². The molecule has 0 amide bonds. The fraction of sp³-hybridized carbons (Fsp3) is 0.238. The summed E-state index contributed by atoms with van der Waals surface area (Å²) in [6, 6.07) is 16.6. The number of hydrogen-bond donors (Lipinski definition) is 0. The molecule has 3 aromatic rings. The molecule has 0 saturated heterocycles. The molecule has 144 valence electrons. The van der Waals surface area contributed by atoms with E-state index < -0.39 is 22.8 Å². The lowest BCUT2D eigenvalue weighted by atomic mass is 9.94. The van der Waals surface area contributed by atoms with Crippen LogP contribution in [-0.4, -0.2) is 31.9 Å². The lowest BCUT2D eigenvalue weighted by Crippen LogP contribution is -2.57. The number of pyridine rings is 1. The van der Waals surface area contributed by atoms with Crippen LogP contribution in [0.1, 0.15) is 18.1 Å². The van der Waals surface area contributed by atoms with Gasteiger partial charge < -0.3 is 9.29 Å². The number of benzene rings is 2. The average molecular weight is 395 g/mol. The van der Waals surface area contributed by atoms with Crippen LogP contribution in [0.3, 0.4) is 0 Å². The Bertz CT molecular complexity index is 1040. The Morgan fingerprint density at radius 3 is 2.46 bits per heavy atom. The highest BCUT2D eigenvalue weighted by atomic mass is 32.2. The first-order valence-electron chi connectivity index (χ1n) is 9.04. The molecule has 1 unspecified atom stereocenters. The maximum atomic E-state index is 13.1. The Balaban J connectivity index is 1.93. The van der Waals surface area contributed by atoms with Gasteiger partial charge in [0.25, 0.3) is 0 Å². The first kappa shape index (κ1) is 18.6. The fourth-order valence-corrected chi connectivity index (χ4v) is 4.73. The van der Waals surface area contributed by atoms with E-state index in [2.05, 4.69) is 4.98 Å². The molecule has 0 bridgehead atoms. The van der Waals surface area contributed by atoms with Crippen molar-refractivity contribution in [2.24, 2.45) is 0 Å². The van der Waals surface area contributed by atoms with Crippen LogP contribution in [0.15, 0.2) is 60.8 Å². The first-order chi connectivity index (χ1) is 13.6. The van der Waals surface area contributed by atoms with Gasteiger partial charge >= 0.3 is 5.97 Å². The number of anilines is 1. The summed E-state index contributed by atoms with van der Waals surface area (Å²) in [5.41, 5.74) is 1.40. The summed E-state index contributed by atoms with van der Waals surface area (Å²) >= 11 is -2.71. The number of para-hydroxylation sites is 1. The third-order valence-electron chi connectivity index (χ3n) is 5.11. The van der Waals surface area contributed by atoms with Gasteiger partial charge in [-0.15, -0.1) is 0 Å². The number of carbonyl (C=O) groups excluding carboxylic acids is 1. The van der Waals surface area contributed by atoms with Gasteiger partial charge in [-0.25, -0.2) is 4.79 Å². The molecule has 2 aromatic carbocycles. The summed E-state index contributed by atoms with van der Waals surface area (Å²) in [5.74, 6) is -0.552. The number of aromatic nitrogens is 1. The lowest BCUT2D eigenvalue weighted by molar-refractivity contribution is -0.148. The number of esters is 1. The third-order valence-corrected chi connectivity index (χ3v) is 5.95. The zero-order chi connectivity index (χ0) is 19.7. The summed E-state index contributed by atoms with van der Waals surface area (Å²) in [5, 5.41) is 0.796. The number of fused-ring (bicyclic) bond motifs is 2. The van der Waals surface area contributed by atoms with Gasteiger partial charge in [0.1, 0.15) is 0 Å². The van der Waals surface area contributed by atoms with Crippen molar-refractivity contribution >= 4 is 33.8 Å². The second-order valence-electron chi connectivity index (χ2n) is 6.74. The highest BCUT2D eigenvalue weighted by Gasteiger charge is 2.51. The first-order valence-corrected chi connectivity index (χ1v) is 10.1. The molecule has 0 spiro atoms. The Hall–Kier alpha value is -2.77. The topological polar surface area (TPSA) is 82.6 Å². The number of nitrogens with zero attached hydrogens (tertiary/aromatic N) is 2. The molecule has 0 aliphatic heterocycles. The standard InChI is InChI=1S/C21H20N2O4S/c1-2-27-20(24)21(13-16-7-3-4-8-17(16)14-21)23(28(25)26)18-11-5-9-15-10-6-12-22-19(15)18/h3-12H,2,13-14H2,1H3,(H,25,26)/p-1. The van der Waals surface area contributed by atoms with Crippen molar-refractivity contribution in [1.82, 2.24) is 4.98 Å². The largest absolute Gasteiger partial charge is 0.755 e. The zero-order valence-electron chi connectivity index (χ0n) is 15.3. The lowest BCUT2D eigenvalue weighted by Gasteiger charge is -2.41. The number of hydrogen-bond acceptors (Lipinski definition) is 5. The van der Waals surface area contributed by atoms with E-state index in [1.807, 2.05) is 36.4 Å². The molecule has 0 fully saturated rings. The van der Waals surface area contributed by atoms with Crippen LogP contribution in [0.5, 0.6) is 0 Å². The number of rotatable bonds is 5. The summed E-state index contributed by atoms with van der Waals surface area (Å²) < 4.78 is 31.5. The molecule has 1 heterocycles. The predicted molar refractivity (Wildman–Crippen MR) is 106 cm³/mol. The number of ether oxygens (including phenoxy) is 1. The molecule has 28 heavy (non-hydrogen) atoms. The van der Waals surface area contributed by atoms with E-state index >= 15 is 0 Å². The van der Waals surface area contributed by atoms with Crippen LogP contribution in [0.25, 0.3) is 10.9 Å². The summed E-state index contributed by atoms with van der Waals surface area (Å²) in [6.07, 6.45) is 2.11. The van der Waals surface area contributed by atoms with Gasteiger partial charge in [0, 0.05) is 35.7 Å². The molecule has 1 aromatic heterocycles. The van der Waals surface area contributed by atoms with Crippen molar-refractivity contribution in [2.45, 2.75) is 25.3 Å². The van der Waals surface area contributed by atoms with E-state index in [0.717, 1.165) is 20.8 Å². The van der Waals surface area contributed by atoms with Crippen LogP contribution < -0.4 is 4.31 Å². The zero-order valence-corrected chi connectivity index (χ0v) is 16.1. The molecule has 0 saturated carbocycles. The van der Waals surface area contributed by atoms with Gasteiger partial charge in [0.2, 0.25) is 0 Å². The normalized spacial score (nSPS) is 15.8. The van der Waals surface area contributed by atoms with Crippen molar-refractivity contribution in [2.75, 3.05) is 10.9 Å². The Morgan fingerprint density at radius 2 is 1.82 bits per heavy atom. The second-order valence-corrected chi connectivity index (χ2v) is 7.54. The molecule has 1 aliphatic rings. The SMILES string of the molecule is CCOC(=O)C1(N(c2cccc3cccnc23)S(=O)[O-])Cc2ccccc2C1. The van der Waals surface area contributed by atoms with E-state index in [1.165, 1.54) is 0 Å². The smallest absolute Gasteiger partial charge is 0.333 e. The highest BCUT2D eigenvalue weighted by Crippen LogP contribution is 2.41. The predicted octanol–water partition coefficient (Wildman–Crippen LogP) is 2.94. The maximum absolute atomic E-state index is 13.1. The van der Waals surface area contributed by atoms with Crippen molar-refractivity contribution in [3.05, 3.63) is 71.9 Å². The molecule has 1 atom stereocenters. The molecule has 6 nitrogen and oxygen atoms in total. The third kappa shape index (κ3) is 2.96. The second kappa shape index (κ2) is 7.33. The van der Waals surface area contributed by atoms with E-state index in [1.54, 1.807) is 31.3 Å². The quantitative estimate of drug-likeness (QED) is 0.490. The maximum Gasteiger partial charge on any atom is 0.333 e. The van der Waals surface area contributed by atoms with Crippen LogP contribution in [0, 0.1) is 0 Å². The van der Waals surface area contributed by atoms with Crippen molar-refractivity contribution in [3.63, 3.8) is 0 Å². The summed E-state index contributed by atoms with van der Waals surface area (Å²) in [6.45, 7) is 1.88. The van der Waals surface area contributed by atoms with Gasteiger partial charge in [-0.3, -0.25) is 13.5 Å². The van der Waals surface area contributed by atoms with Gasteiger partial charge in [0.05, 0.1) is 17.8 Å². The molecular formula is C21H19N2O4S-. The van der Waals surface area contributed by atoms with Crippen LogP contribution in [0.4, 0.5) is 5.69 Å². The van der Waals surface area contributed by atoms with Crippen molar-refractivity contribution in [1.29, 1.82) is 0 Å². The van der Waals surface area contributed by atoms with Gasteiger partial charge in [-0.2, -0.15) is 0 Å². The minimum Gasteiger partial charge on any atom is -0.755 e. The van der Waals surface area contributed by atoms with E-state index in [0.29, 0.717) is 11.2 Å². The monoisotopic (exact) mass is 395 g/mol. The van der Waals surface area contributed by atoms with Crippen molar-refractivity contribution < 1.29 is 18.3 Å². The minimum atomic E-state index is -2.71. The molecule has 0 radical (unpaired) electrons. The minimum absolute atomic E-state index is 0.171. The van der Waals surface area contributed by atoms with Gasteiger partial charge in [-0.1, -0.05) is 42.5 Å². The molecule has 1 aliphatic carbocycles. The molecule has 4 rings (SSSR count). The Morgan fingerprint density at radius 1 is 1.14 bits per heavy atom. The molecule has 7 heteroatoms. The summed E-state index contributed by atoms with van der Waals surface area (Å²) in [7, 11) is 0. The van der Waals surface area contributed by atoms with E-state index in [-0.39, 0.29) is 19.4 Å². The number of carbonyl (C=O) groups is 1. The van der Waals surface area contributed by atoms with Crippen LogP contribution in [0.2, 0.25) is 0 Å². The van der Waals surface area contributed by atoms with Crippen molar-refractivity contribution in [3.8, 4) is 0 Å². The average Bonchev–Trinajstić information content (AvgIpc) is 3.08. The Labute approximate surface area is 165 Å². The fourth-order valence-electron chi connectivity index (χ4n) is 3.94. The van der Waals surface area contributed by atoms with Gasteiger partial charge in [-0.05, 0) is 30.2 Å². The van der Waals surface area contributed by atoms with Gasteiger partial charge in [0.15, 0.2) is 5.54 Å². The van der Waals surface area contributed by atoms with Crippen LogP contribution >= 0.6 is 0 Å². The highest BCUT2D eigenvalue weighted by molar-refractivity contribution is 7.80. The molecule has 0 N–H and O–H groups in total. The molecular weight excluding hydrogens is 376 g/mol. The Kier molecular flexibility index (Phi) is 4.87. The van der Waals surface area contributed by atoms with E-state index in [4.69, 9.17) is 4.74 Å².